The molecule has 0 saturated carbocycles. The predicted octanol–water partition coefficient (Wildman–Crippen LogP) is 2.49. The highest BCUT2D eigenvalue weighted by Crippen LogP contribution is 2.25. The van der Waals surface area contributed by atoms with Crippen molar-refractivity contribution in [2.75, 3.05) is 7.11 Å². The van der Waals surface area contributed by atoms with E-state index in [2.05, 4.69) is 10.5 Å². The minimum Gasteiger partial charge on any atom is -0.496 e. The average molecular weight is 358 g/mol. The second-order valence-corrected chi connectivity index (χ2v) is 5.30. The Balaban J connectivity index is 2.14. The van der Waals surface area contributed by atoms with Gasteiger partial charge in [-0.2, -0.15) is 5.10 Å². The maximum Gasteiger partial charge on any atom is 0.332 e. The van der Waals surface area contributed by atoms with Gasteiger partial charge in [-0.05, 0) is 42.8 Å². The Bertz CT molecular complexity index is 851. The molecule has 0 heterocycles. The van der Waals surface area contributed by atoms with Crippen molar-refractivity contribution < 1.29 is 19.2 Å². The zero-order valence-electron chi connectivity index (χ0n) is 14.3. The van der Waals surface area contributed by atoms with Gasteiger partial charge in [-0.3, -0.25) is 10.1 Å². The van der Waals surface area contributed by atoms with Gasteiger partial charge in [0, 0.05) is 17.2 Å². The third-order valence-corrected chi connectivity index (χ3v) is 3.45. The van der Waals surface area contributed by atoms with Crippen LogP contribution in [0.3, 0.4) is 0 Å². The molecule has 0 aromatic heterocycles. The molecule has 2 amide bonds. The van der Waals surface area contributed by atoms with Gasteiger partial charge in [0.25, 0.3) is 5.69 Å². The van der Waals surface area contributed by atoms with Crippen LogP contribution in [0.15, 0.2) is 41.5 Å². The number of aryl methyl sites for hydroxylation is 1. The molecule has 26 heavy (non-hydrogen) atoms. The van der Waals surface area contributed by atoms with E-state index in [1.54, 1.807) is 37.3 Å². The second-order valence-electron chi connectivity index (χ2n) is 5.30. The summed E-state index contributed by atoms with van der Waals surface area (Å²) in [6, 6.07) is 9.07. The van der Waals surface area contributed by atoms with E-state index in [0.717, 1.165) is 5.56 Å². The molecule has 0 unspecified atom stereocenters. The molecule has 0 saturated heterocycles. The SMILES string of the molecule is COc1ccc(/C=N\NC(N)=O)cc1COc1ccc([N+](=O)[O-])c(C)c1. The Labute approximate surface area is 149 Å². The van der Waals surface area contributed by atoms with Crippen LogP contribution >= 0.6 is 0 Å². The summed E-state index contributed by atoms with van der Waals surface area (Å²) < 4.78 is 11.0. The van der Waals surface area contributed by atoms with Crippen molar-refractivity contribution in [3.63, 3.8) is 0 Å². The van der Waals surface area contributed by atoms with Crippen molar-refractivity contribution in [1.29, 1.82) is 0 Å². The van der Waals surface area contributed by atoms with Crippen molar-refractivity contribution >= 4 is 17.9 Å². The van der Waals surface area contributed by atoms with Crippen molar-refractivity contribution in [3.8, 4) is 11.5 Å². The molecular formula is C17H18N4O5. The Morgan fingerprint density at radius 1 is 1.35 bits per heavy atom. The van der Waals surface area contributed by atoms with Gasteiger partial charge in [-0.25, -0.2) is 10.2 Å². The number of amides is 2. The number of hydrogen-bond acceptors (Lipinski definition) is 6. The number of methoxy groups -OCH3 is 1. The highest BCUT2D eigenvalue weighted by molar-refractivity contribution is 5.82. The van der Waals surface area contributed by atoms with Crippen LogP contribution in [0.4, 0.5) is 10.5 Å². The fourth-order valence-electron chi connectivity index (χ4n) is 2.25. The predicted molar refractivity (Wildman–Crippen MR) is 95.5 cm³/mol. The summed E-state index contributed by atoms with van der Waals surface area (Å²) in [6.07, 6.45) is 1.43. The van der Waals surface area contributed by atoms with Crippen LogP contribution in [0.5, 0.6) is 11.5 Å². The van der Waals surface area contributed by atoms with Crippen LogP contribution in [0.25, 0.3) is 0 Å². The highest BCUT2D eigenvalue weighted by Gasteiger charge is 2.11. The lowest BCUT2D eigenvalue weighted by molar-refractivity contribution is -0.385. The van der Waals surface area contributed by atoms with Gasteiger partial charge in [0.15, 0.2) is 0 Å². The number of hydrazone groups is 1. The molecule has 0 aliphatic carbocycles. The van der Waals surface area contributed by atoms with Crippen molar-refractivity contribution in [1.82, 2.24) is 5.43 Å². The van der Waals surface area contributed by atoms with E-state index in [0.29, 0.717) is 22.6 Å². The van der Waals surface area contributed by atoms with Gasteiger partial charge in [0.2, 0.25) is 0 Å². The summed E-state index contributed by atoms with van der Waals surface area (Å²) in [5, 5.41) is 14.6. The highest BCUT2D eigenvalue weighted by atomic mass is 16.6. The van der Waals surface area contributed by atoms with Gasteiger partial charge >= 0.3 is 6.03 Å². The molecule has 136 valence electrons. The van der Waals surface area contributed by atoms with Gasteiger partial charge in [-0.1, -0.05) is 0 Å². The van der Waals surface area contributed by atoms with E-state index < -0.39 is 11.0 Å². The van der Waals surface area contributed by atoms with E-state index in [9.17, 15) is 14.9 Å². The second kappa shape index (κ2) is 8.47. The zero-order chi connectivity index (χ0) is 19.1. The third kappa shape index (κ3) is 4.94. The first kappa shape index (κ1) is 18.7. The number of nitro groups is 1. The molecule has 0 bridgehead atoms. The first-order valence-corrected chi connectivity index (χ1v) is 7.54. The van der Waals surface area contributed by atoms with Crippen LogP contribution in [0.2, 0.25) is 0 Å². The van der Waals surface area contributed by atoms with Crippen LogP contribution in [0, 0.1) is 17.0 Å². The summed E-state index contributed by atoms with van der Waals surface area (Å²) in [5.74, 6) is 1.12. The Kier molecular flexibility index (Phi) is 6.10. The standard InChI is InChI=1S/C17H18N4O5/c1-11-7-14(4-5-15(11)21(23)24)26-10-13-8-12(3-6-16(13)25-2)9-19-20-17(18)22/h3-9H,10H2,1-2H3,(H3,18,20,22)/b19-9-. The summed E-state index contributed by atoms with van der Waals surface area (Å²) in [7, 11) is 1.54. The molecule has 3 N–H and O–H groups in total. The van der Waals surface area contributed by atoms with Crippen LogP contribution < -0.4 is 20.6 Å². The van der Waals surface area contributed by atoms with Crippen molar-refractivity contribution in [3.05, 3.63) is 63.2 Å². The molecule has 0 fully saturated rings. The lowest BCUT2D eigenvalue weighted by Crippen LogP contribution is -2.24. The monoisotopic (exact) mass is 358 g/mol. The van der Waals surface area contributed by atoms with Gasteiger partial charge in [0.05, 0.1) is 18.2 Å². The number of ether oxygens (including phenoxy) is 2. The minimum atomic E-state index is -0.758. The zero-order valence-corrected chi connectivity index (χ0v) is 14.3. The topological polar surface area (TPSA) is 129 Å². The molecule has 0 aliphatic rings. The van der Waals surface area contributed by atoms with Gasteiger partial charge in [-0.15, -0.1) is 0 Å². The van der Waals surface area contributed by atoms with Gasteiger partial charge in [0.1, 0.15) is 18.1 Å². The molecule has 0 atom stereocenters. The lowest BCUT2D eigenvalue weighted by atomic mass is 10.1. The van der Waals surface area contributed by atoms with Crippen LogP contribution in [-0.2, 0) is 6.61 Å². The smallest absolute Gasteiger partial charge is 0.332 e. The van der Waals surface area contributed by atoms with E-state index in [4.69, 9.17) is 15.2 Å². The average Bonchev–Trinajstić information content (AvgIpc) is 2.59. The number of nitrogens with two attached hydrogens (primary N) is 1. The number of urea groups is 1. The Hall–Kier alpha value is -3.62. The first-order chi connectivity index (χ1) is 12.4. The number of carbonyl (C=O) groups is 1. The third-order valence-electron chi connectivity index (χ3n) is 3.45. The maximum atomic E-state index is 10.9. The first-order valence-electron chi connectivity index (χ1n) is 7.54. The number of benzene rings is 2. The lowest BCUT2D eigenvalue weighted by Gasteiger charge is -2.11. The van der Waals surface area contributed by atoms with Gasteiger partial charge < -0.3 is 15.2 Å². The molecule has 2 rings (SSSR count). The number of nitro benzene ring substituents is 1. The van der Waals surface area contributed by atoms with E-state index in [1.807, 2.05) is 0 Å². The molecule has 9 nitrogen and oxygen atoms in total. The number of rotatable bonds is 7. The minimum absolute atomic E-state index is 0.0371. The fourth-order valence-corrected chi connectivity index (χ4v) is 2.25. The number of nitrogens with zero attached hydrogens (tertiary/aromatic N) is 2. The largest absolute Gasteiger partial charge is 0.496 e. The molecular weight excluding hydrogens is 340 g/mol. The normalized spacial score (nSPS) is 10.5. The van der Waals surface area contributed by atoms with Crippen molar-refractivity contribution in [2.45, 2.75) is 13.5 Å². The summed E-state index contributed by atoms with van der Waals surface area (Å²) in [4.78, 5) is 21.0. The van der Waals surface area contributed by atoms with Crippen molar-refractivity contribution in [2.24, 2.45) is 10.8 Å². The molecule has 0 radical (unpaired) electrons. The summed E-state index contributed by atoms with van der Waals surface area (Å²) in [5.41, 5.74) is 9.05. The Morgan fingerprint density at radius 3 is 2.73 bits per heavy atom. The Morgan fingerprint density at radius 2 is 2.12 bits per heavy atom. The number of primary amides is 1. The number of carbonyl (C=O) groups excluding carboxylic acids is 1. The van der Waals surface area contributed by atoms with E-state index in [-0.39, 0.29) is 12.3 Å². The summed E-state index contributed by atoms with van der Waals surface area (Å²) >= 11 is 0. The molecule has 2 aromatic carbocycles. The maximum absolute atomic E-state index is 10.9. The molecule has 0 spiro atoms. The fraction of sp³-hybridized carbons (Fsp3) is 0.176. The molecule has 2 aromatic rings. The summed E-state index contributed by atoms with van der Waals surface area (Å²) in [6.45, 7) is 1.83. The van der Waals surface area contributed by atoms with Crippen LogP contribution in [0.1, 0.15) is 16.7 Å². The molecule has 0 aliphatic heterocycles. The number of nitrogens with one attached hydrogen (secondary N) is 1. The van der Waals surface area contributed by atoms with Crippen LogP contribution in [-0.4, -0.2) is 24.3 Å². The molecule has 9 heteroatoms. The number of hydrogen-bond donors (Lipinski definition) is 2. The van der Waals surface area contributed by atoms with E-state index >= 15 is 0 Å². The van der Waals surface area contributed by atoms with E-state index in [1.165, 1.54) is 19.4 Å². The quantitative estimate of drug-likeness (QED) is 0.446.